The number of piperidine rings is 1. The number of anilines is 1. The van der Waals surface area contributed by atoms with Crippen molar-refractivity contribution in [2.75, 3.05) is 31.5 Å². The van der Waals surface area contributed by atoms with Crippen LogP contribution in [-0.2, 0) is 9.59 Å². The Labute approximate surface area is 148 Å². The van der Waals surface area contributed by atoms with Crippen LogP contribution < -0.4 is 16.0 Å². The normalized spacial score (nSPS) is 16.8. The summed E-state index contributed by atoms with van der Waals surface area (Å²) in [5.41, 5.74) is 0.728. The van der Waals surface area contributed by atoms with E-state index >= 15 is 0 Å². The predicted molar refractivity (Wildman–Crippen MR) is 96.1 cm³/mol. The van der Waals surface area contributed by atoms with E-state index in [2.05, 4.69) is 16.0 Å². The molecule has 25 heavy (non-hydrogen) atoms. The maximum absolute atomic E-state index is 12.3. The highest BCUT2D eigenvalue weighted by Crippen LogP contribution is 2.18. The van der Waals surface area contributed by atoms with Gasteiger partial charge >= 0.3 is 6.03 Å². The molecule has 2 rings (SSSR count). The summed E-state index contributed by atoms with van der Waals surface area (Å²) in [5.74, 6) is -0.650. The first-order chi connectivity index (χ1) is 12.1. The van der Waals surface area contributed by atoms with Crippen molar-refractivity contribution < 1.29 is 14.4 Å². The molecule has 7 nitrogen and oxygen atoms in total. The highest BCUT2D eigenvalue weighted by molar-refractivity contribution is 5.90. The van der Waals surface area contributed by atoms with Crippen LogP contribution >= 0.6 is 0 Å². The number of carbonyl (C=O) groups is 3. The Bertz CT molecular complexity index is 591. The summed E-state index contributed by atoms with van der Waals surface area (Å²) in [6.07, 6.45) is 2.34. The molecule has 1 aliphatic rings. The monoisotopic (exact) mass is 346 g/mol. The number of para-hydroxylation sites is 1. The molecule has 0 radical (unpaired) electrons. The molecular formula is C18H26N4O3. The minimum absolute atomic E-state index is 0.0223. The molecule has 0 saturated carbocycles. The number of likely N-dealkylation sites (tertiary alicyclic amines) is 1. The van der Waals surface area contributed by atoms with Crippen LogP contribution in [0, 0.1) is 5.92 Å². The molecule has 1 aliphatic heterocycles. The lowest BCUT2D eigenvalue weighted by Gasteiger charge is -2.32. The van der Waals surface area contributed by atoms with Gasteiger partial charge < -0.3 is 20.9 Å². The van der Waals surface area contributed by atoms with Gasteiger partial charge in [0.2, 0.25) is 11.8 Å². The quantitative estimate of drug-likeness (QED) is 0.730. The van der Waals surface area contributed by atoms with Gasteiger partial charge in [-0.25, -0.2) is 4.79 Å². The summed E-state index contributed by atoms with van der Waals surface area (Å²) < 4.78 is 0. The van der Waals surface area contributed by atoms with Crippen molar-refractivity contribution in [3.8, 4) is 0 Å². The number of hydrogen-bond acceptors (Lipinski definition) is 3. The molecule has 136 valence electrons. The summed E-state index contributed by atoms with van der Waals surface area (Å²) in [5, 5.41) is 8.21. The molecule has 0 aliphatic carbocycles. The van der Waals surface area contributed by atoms with E-state index in [-0.39, 0.29) is 30.3 Å². The fraction of sp³-hybridized carbons (Fsp3) is 0.500. The minimum atomic E-state index is -0.283. The zero-order valence-corrected chi connectivity index (χ0v) is 14.6. The minimum Gasteiger partial charge on any atom is -0.355 e. The van der Waals surface area contributed by atoms with E-state index in [1.807, 2.05) is 37.3 Å². The largest absolute Gasteiger partial charge is 0.355 e. The summed E-state index contributed by atoms with van der Waals surface area (Å²) in [7, 11) is 0. The molecule has 1 aromatic rings. The zero-order valence-electron chi connectivity index (χ0n) is 14.6. The first kappa shape index (κ1) is 18.8. The summed E-state index contributed by atoms with van der Waals surface area (Å²) in [4.78, 5) is 37.8. The van der Waals surface area contributed by atoms with Crippen molar-refractivity contribution in [1.29, 1.82) is 0 Å². The van der Waals surface area contributed by atoms with Crippen LogP contribution in [0.2, 0.25) is 0 Å². The molecule has 1 saturated heterocycles. The van der Waals surface area contributed by atoms with Crippen molar-refractivity contribution >= 4 is 23.5 Å². The fourth-order valence-electron chi connectivity index (χ4n) is 2.74. The van der Waals surface area contributed by atoms with Gasteiger partial charge in [-0.15, -0.1) is 0 Å². The van der Waals surface area contributed by atoms with Crippen LogP contribution in [0.1, 0.15) is 26.2 Å². The van der Waals surface area contributed by atoms with Crippen LogP contribution in [0.5, 0.6) is 0 Å². The van der Waals surface area contributed by atoms with Gasteiger partial charge in [-0.2, -0.15) is 0 Å². The number of urea groups is 1. The van der Waals surface area contributed by atoms with Crippen molar-refractivity contribution in [3.63, 3.8) is 0 Å². The van der Waals surface area contributed by atoms with E-state index < -0.39 is 0 Å². The predicted octanol–water partition coefficient (Wildman–Crippen LogP) is 1.57. The SMILES string of the molecule is CCCNC(=O)CNC(=O)[C@@H]1CCCN(C(=O)Nc2ccccc2)C1. The highest BCUT2D eigenvalue weighted by Gasteiger charge is 2.28. The third kappa shape index (κ3) is 6.10. The molecule has 0 unspecified atom stereocenters. The Hall–Kier alpha value is -2.57. The van der Waals surface area contributed by atoms with Crippen molar-refractivity contribution in [2.45, 2.75) is 26.2 Å². The second-order valence-corrected chi connectivity index (χ2v) is 6.15. The van der Waals surface area contributed by atoms with Gasteiger partial charge in [-0.05, 0) is 31.4 Å². The lowest BCUT2D eigenvalue weighted by molar-refractivity contribution is -0.129. The fourth-order valence-corrected chi connectivity index (χ4v) is 2.74. The van der Waals surface area contributed by atoms with E-state index in [9.17, 15) is 14.4 Å². The molecule has 1 heterocycles. The number of nitrogens with zero attached hydrogens (tertiary/aromatic N) is 1. The maximum atomic E-state index is 12.3. The van der Waals surface area contributed by atoms with E-state index in [0.717, 1.165) is 24.9 Å². The number of benzene rings is 1. The van der Waals surface area contributed by atoms with Crippen LogP contribution in [0.4, 0.5) is 10.5 Å². The van der Waals surface area contributed by atoms with Crippen LogP contribution in [-0.4, -0.2) is 48.9 Å². The topological polar surface area (TPSA) is 90.5 Å². The van der Waals surface area contributed by atoms with E-state index in [1.54, 1.807) is 4.90 Å². The van der Waals surface area contributed by atoms with Crippen molar-refractivity contribution in [3.05, 3.63) is 30.3 Å². The lowest BCUT2D eigenvalue weighted by Crippen LogP contribution is -2.48. The molecule has 1 aromatic carbocycles. The molecule has 0 spiro atoms. The first-order valence-corrected chi connectivity index (χ1v) is 8.75. The van der Waals surface area contributed by atoms with E-state index in [4.69, 9.17) is 0 Å². The van der Waals surface area contributed by atoms with Crippen LogP contribution in [0.3, 0.4) is 0 Å². The van der Waals surface area contributed by atoms with Gasteiger partial charge in [0.05, 0.1) is 12.5 Å². The van der Waals surface area contributed by atoms with Gasteiger partial charge in [-0.1, -0.05) is 25.1 Å². The van der Waals surface area contributed by atoms with Gasteiger partial charge in [0.15, 0.2) is 0 Å². The molecule has 1 atom stereocenters. The highest BCUT2D eigenvalue weighted by atomic mass is 16.2. The third-order valence-electron chi connectivity index (χ3n) is 4.10. The molecule has 1 fully saturated rings. The summed E-state index contributed by atoms with van der Waals surface area (Å²) in [6.45, 7) is 3.54. The molecule has 0 bridgehead atoms. The Balaban J connectivity index is 1.80. The average Bonchev–Trinajstić information content (AvgIpc) is 2.65. The van der Waals surface area contributed by atoms with Gasteiger partial charge in [0, 0.05) is 25.3 Å². The Morgan fingerprint density at radius 3 is 2.64 bits per heavy atom. The number of rotatable bonds is 6. The van der Waals surface area contributed by atoms with E-state index in [0.29, 0.717) is 19.6 Å². The zero-order chi connectivity index (χ0) is 18.1. The van der Waals surface area contributed by atoms with Gasteiger partial charge in [-0.3, -0.25) is 9.59 Å². The second kappa shape index (κ2) is 9.66. The Morgan fingerprint density at radius 1 is 1.16 bits per heavy atom. The number of nitrogens with one attached hydrogen (secondary N) is 3. The van der Waals surface area contributed by atoms with Crippen molar-refractivity contribution in [2.24, 2.45) is 5.92 Å². The van der Waals surface area contributed by atoms with Crippen LogP contribution in [0.15, 0.2) is 30.3 Å². The third-order valence-corrected chi connectivity index (χ3v) is 4.10. The Morgan fingerprint density at radius 2 is 1.92 bits per heavy atom. The standard InChI is InChI=1S/C18H26N4O3/c1-2-10-19-16(23)12-20-17(24)14-7-6-11-22(13-14)18(25)21-15-8-4-3-5-9-15/h3-5,8-9,14H,2,6-7,10-13H2,1H3,(H,19,23)(H,20,24)(H,21,25)/t14-/m1/s1. The first-order valence-electron chi connectivity index (χ1n) is 8.75. The van der Waals surface area contributed by atoms with Crippen LogP contribution in [0.25, 0.3) is 0 Å². The summed E-state index contributed by atoms with van der Waals surface area (Å²) >= 11 is 0. The van der Waals surface area contributed by atoms with Gasteiger partial charge in [0.1, 0.15) is 0 Å². The molecular weight excluding hydrogens is 320 g/mol. The van der Waals surface area contributed by atoms with Gasteiger partial charge in [0.25, 0.3) is 0 Å². The molecule has 3 N–H and O–H groups in total. The number of amides is 4. The number of hydrogen-bond donors (Lipinski definition) is 3. The summed E-state index contributed by atoms with van der Waals surface area (Å²) in [6, 6.07) is 9.02. The van der Waals surface area contributed by atoms with Crippen molar-refractivity contribution in [1.82, 2.24) is 15.5 Å². The average molecular weight is 346 g/mol. The maximum Gasteiger partial charge on any atom is 0.321 e. The molecule has 0 aromatic heterocycles. The molecule has 4 amide bonds. The smallest absolute Gasteiger partial charge is 0.321 e. The second-order valence-electron chi connectivity index (χ2n) is 6.15. The molecule has 7 heteroatoms. The van der Waals surface area contributed by atoms with E-state index in [1.165, 1.54) is 0 Å². The Kier molecular flexibility index (Phi) is 7.25. The number of carbonyl (C=O) groups excluding carboxylic acids is 3. The lowest BCUT2D eigenvalue weighted by atomic mass is 9.97.